The summed E-state index contributed by atoms with van der Waals surface area (Å²) in [6.45, 7) is 0. The maximum absolute atomic E-state index is 13.3. The number of methoxy groups -OCH3 is 1. The fraction of sp³-hybridized carbons (Fsp3) is 0.0769. The van der Waals surface area contributed by atoms with E-state index < -0.39 is 10.7 Å². The number of ether oxygens (including phenoxy) is 1. The number of non-ortho nitro benzene ring substituents is 1. The summed E-state index contributed by atoms with van der Waals surface area (Å²) in [5.74, 6) is 0.0970. The third-order valence-electron chi connectivity index (χ3n) is 2.36. The van der Waals surface area contributed by atoms with Crippen molar-refractivity contribution in [1.29, 1.82) is 0 Å². The molecular formula is C13H10FNO3S. The van der Waals surface area contributed by atoms with E-state index in [-0.39, 0.29) is 5.69 Å². The highest BCUT2D eigenvalue weighted by Gasteiger charge is 2.10. The van der Waals surface area contributed by atoms with Crippen LogP contribution in [-0.4, -0.2) is 12.0 Å². The molecular weight excluding hydrogens is 269 g/mol. The summed E-state index contributed by atoms with van der Waals surface area (Å²) < 4.78 is 18.3. The van der Waals surface area contributed by atoms with Gasteiger partial charge in [0.05, 0.1) is 18.1 Å². The molecule has 0 spiro atoms. The third kappa shape index (κ3) is 3.45. The second-order valence-electron chi connectivity index (χ2n) is 3.68. The van der Waals surface area contributed by atoms with E-state index in [0.29, 0.717) is 4.90 Å². The van der Waals surface area contributed by atoms with E-state index >= 15 is 0 Å². The highest BCUT2D eigenvalue weighted by molar-refractivity contribution is 7.99. The number of hydrogen-bond acceptors (Lipinski definition) is 4. The Hall–Kier alpha value is -2.08. The molecule has 2 aromatic carbocycles. The Labute approximate surface area is 113 Å². The third-order valence-corrected chi connectivity index (χ3v) is 3.34. The van der Waals surface area contributed by atoms with Gasteiger partial charge in [0.2, 0.25) is 0 Å². The van der Waals surface area contributed by atoms with Gasteiger partial charge < -0.3 is 4.74 Å². The molecule has 6 heteroatoms. The van der Waals surface area contributed by atoms with E-state index in [4.69, 9.17) is 4.74 Å². The Kier molecular flexibility index (Phi) is 4.01. The largest absolute Gasteiger partial charge is 0.497 e. The first-order valence-electron chi connectivity index (χ1n) is 5.35. The minimum Gasteiger partial charge on any atom is -0.497 e. The van der Waals surface area contributed by atoms with Crippen molar-refractivity contribution in [1.82, 2.24) is 0 Å². The lowest BCUT2D eigenvalue weighted by molar-refractivity contribution is -0.385. The molecule has 0 heterocycles. The molecule has 2 rings (SSSR count). The first kappa shape index (κ1) is 13.4. The minimum absolute atomic E-state index is 0.254. The van der Waals surface area contributed by atoms with Crippen molar-refractivity contribution in [3.05, 3.63) is 58.4 Å². The monoisotopic (exact) mass is 279 g/mol. The molecule has 0 fully saturated rings. The van der Waals surface area contributed by atoms with Crippen LogP contribution in [0.3, 0.4) is 0 Å². The minimum atomic E-state index is -0.620. The van der Waals surface area contributed by atoms with Gasteiger partial charge in [0.25, 0.3) is 5.69 Å². The predicted octanol–water partition coefficient (Wildman–Crippen LogP) is 3.89. The van der Waals surface area contributed by atoms with E-state index in [2.05, 4.69) is 0 Å². The molecule has 0 amide bonds. The molecule has 0 N–H and O–H groups in total. The van der Waals surface area contributed by atoms with E-state index in [1.807, 2.05) is 0 Å². The molecule has 0 saturated carbocycles. The fourth-order valence-electron chi connectivity index (χ4n) is 1.49. The van der Waals surface area contributed by atoms with Crippen molar-refractivity contribution in [2.24, 2.45) is 0 Å². The molecule has 0 aliphatic rings. The quantitative estimate of drug-likeness (QED) is 0.629. The van der Waals surface area contributed by atoms with Crippen LogP contribution in [0.1, 0.15) is 0 Å². The lowest BCUT2D eigenvalue weighted by Crippen LogP contribution is -1.89. The summed E-state index contributed by atoms with van der Waals surface area (Å²) in [5.41, 5.74) is -0.254. The number of hydrogen-bond donors (Lipinski definition) is 0. The predicted molar refractivity (Wildman–Crippen MR) is 70.2 cm³/mol. The normalized spacial score (nSPS) is 10.2. The Morgan fingerprint density at radius 3 is 2.42 bits per heavy atom. The lowest BCUT2D eigenvalue weighted by atomic mass is 10.3. The van der Waals surface area contributed by atoms with Crippen LogP contribution >= 0.6 is 11.8 Å². The van der Waals surface area contributed by atoms with Gasteiger partial charge in [-0.15, -0.1) is 0 Å². The number of benzene rings is 2. The molecule has 0 radical (unpaired) electrons. The molecule has 0 aliphatic heterocycles. The van der Waals surface area contributed by atoms with Gasteiger partial charge in [0.15, 0.2) is 0 Å². The van der Waals surface area contributed by atoms with Gasteiger partial charge in [-0.1, -0.05) is 11.8 Å². The number of nitro benzene ring substituents is 1. The van der Waals surface area contributed by atoms with Crippen LogP contribution in [-0.2, 0) is 0 Å². The Morgan fingerprint density at radius 1 is 1.16 bits per heavy atom. The van der Waals surface area contributed by atoms with Gasteiger partial charge in [0, 0.05) is 15.9 Å². The molecule has 98 valence electrons. The average Bonchev–Trinajstić information content (AvgIpc) is 2.39. The van der Waals surface area contributed by atoms with Crippen LogP contribution < -0.4 is 4.74 Å². The zero-order valence-corrected chi connectivity index (χ0v) is 10.8. The number of halogens is 1. The molecule has 4 nitrogen and oxygen atoms in total. The van der Waals surface area contributed by atoms with Gasteiger partial charge in [-0.2, -0.15) is 0 Å². The zero-order valence-electron chi connectivity index (χ0n) is 10.00. The first-order valence-corrected chi connectivity index (χ1v) is 6.17. The van der Waals surface area contributed by atoms with Gasteiger partial charge in [-0.05, 0) is 30.3 Å². The highest BCUT2D eigenvalue weighted by Crippen LogP contribution is 2.31. The topological polar surface area (TPSA) is 52.4 Å². The van der Waals surface area contributed by atoms with Gasteiger partial charge in [0.1, 0.15) is 11.6 Å². The smallest absolute Gasteiger partial charge is 0.273 e. The lowest BCUT2D eigenvalue weighted by Gasteiger charge is -2.04. The van der Waals surface area contributed by atoms with Gasteiger partial charge in [-0.25, -0.2) is 4.39 Å². The Bertz CT molecular complexity index is 601. The van der Waals surface area contributed by atoms with E-state index in [1.165, 1.54) is 23.9 Å². The van der Waals surface area contributed by atoms with Crippen LogP contribution in [0.4, 0.5) is 10.1 Å². The molecule has 0 unspecified atom stereocenters. The van der Waals surface area contributed by atoms with Crippen molar-refractivity contribution in [3.63, 3.8) is 0 Å². The van der Waals surface area contributed by atoms with Crippen LogP contribution in [0, 0.1) is 15.9 Å². The summed E-state index contributed by atoms with van der Waals surface area (Å²) in [6.07, 6.45) is 0. The van der Waals surface area contributed by atoms with Crippen molar-refractivity contribution in [2.75, 3.05) is 7.11 Å². The zero-order chi connectivity index (χ0) is 13.8. The standard InChI is InChI=1S/C13H10FNO3S/c1-18-11-2-4-12(5-3-11)19-13-7-9(14)6-10(8-13)15(16)17/h2-8H,1H3. The van der Waals surface area contributed by atoms with Crippen LogP contribution in [0.15, 0.2) is 52.3 Å². The molecule has 0 bridgehead atoms. The summed E-state index contributed by atoms with van der Waals surface area (Å²) in [4.78, 5) is 11.4. The summed E-state index contributed by atoms with van der Waals surface area (Å²) in [5, 5.41) is 10.7. The molecule has 19 heavy (non-hydrogen) atoms. The van der Waals surface area contributed by atoms with E-state index in [9.17, 15) is 14.5 Å². The SMILES string of the molecule is COc1ccc(Sc2cc(F)cc([N+](=O)[O-])c2)cc1. The van der Waals surface area contributed by atoms with E-state index in [1.54, 1.807) is 31.4 Å². The second kappa shape index (κ2) is 5.71. The number of rotatable bonds is 4. The van der Waals surface area contributed by atoms with Crippen LogP contribution in [0.5, 0.6) is 5.75 Å². The second-order valence-corrected chi connectivity index (χ2v) is 4.83. The van der Waals surface area contributed by atoms with Crippen LogP contribution in [0.2, 0.25) is 0 Å². The first-order chi connectivity index (χ1) is 9.08. The van der Waals surface area contributed by atoms with Crippen molar-refractivity contribution in [2.45, 2.75) is 9.79 Å². The van der Waals surface area contributed by atoms with Crippen molar-refractivity contribution < 1.29 is 14.1 Å². The Balaban J connectivity index is 2.24. The molecule has 0 atom stereocenters. The van der Waals surface area contributed by atoms with Gasteiger partial charge >= 0.3 is 0 Å². The summed E-state index contributed by atoms with van der Waals surface area (Å²) in [6, 6.07) is 10.7. The summed E-state index contributed by atoms with van der Waals surface area (Å²) >= 11 is 1.25. The molecule has 2 aromatic rings. The maximum atomic E-state index is 13.3. The van der Waals surface area contributed by atoms with Crippen molar-refractivity contribution >= 4 is 17.4 Å². The van der Waals surface area contributed by atoms with Crippen molar-refractivity contribution in [3.8, 4) is 5.75 Å². The summed E-state index contributed by atoms with van der Waals surface area (Å²) in [7, 11) is 1.57. The Morgan fingerprint density at radius 2 is 1.84 bits per heavy atom. The molecule has 0 saturated heterocycles. The number of nitro groups is 1. The molecule has 0 aliphatic carbocycles. The van der Waals surface area contributed by atoms with Crippen LogP contribution in [0.25, 0.3) is 0 Å². The maximum Gasteiger partial charge on any atom is 0.273 e. The van der Waals surface area contributed by atoms with Gasteiger partial charge in [-0.3, -0.25) is 10.1 Å². The molecule has 0 aromatic heterocycles. The van der Waals surface area contributed by atoms with E-state index in [0.717, 1.165) is 16.7 Å². The average molecular weight is 279 g/mol. The number of nitrogens with zero attached hydrogens (tertiary/aromatic N) is 1. The fourth-order valence-corrected chi connectivity index (χ4v) is 2.39. The highest BCUT2D eigenvalue weighted by atomic mass is 32.2.